The van der Waals surface area contributed by atoms with Crippen molar-refractivity contribution in [3.05, 3.63) is 58.9 Å². The van der Waals surface area contributed by atoms with Crippen molar-refractivity contribution < 1.29 is 4.79 Å². The highest BCUT2D eigenvalue weighted by atomic mass is 32.1. The van der Waals surface area contributed by atoms with Gasteiger partial charge in [0.1, 0.15) is 4.88 Å². The highest BCUT2D eigenvalue weighted by Crippen LogP contribution is 2.41. The van der Waals surface area contributed by atoms with E-state index in [2.05, 4.69) is 19.9 Å². The topological polar surface area (TPSA) is 67.8 Å². The van der Waals surface area contributed by atoms with Gasteiger partial charge < -0.3 is 5.32 Å². The van der Waals surface area contributed by atoms with Crippen LogP contribution in [0, 0.1) is 6.92 Å². The summed E-state index contributed by atoms with van der Waals surface area (Å²) in [7, 11) is 0. The zero-order chi connectivity index (χ0) is 16.5. The zero-order valence-corrected chi connectivity index (χ0v) is 14.0. The average Bonchev–Trinajstić information content (AvgIpc) is 3.34. The predicted molar refractivity (Wildman–Crippen MR) is 94.2 cm³/mol. The fourth-order valence-corrected chi connectivity index (χ4v) is 3.28. The van der Waals surface area contributed by atoms with Crippen molar-refractivity contribution in [2.45, 2.75) is 25.7 Å². The Morgan fingerprint density at radius 1 is 1.17 bits per heavy atom. The van der Waals surface area contributed by atoms with Crippen molar-refractivity contribution in [2.24, 2.45) is 0 Å². The minimum absolute atomic E-state index is 0.123. The number of hydrogen-bond acceptors (Lipinski definition) is 5. The molecule has 24 heavy (non-hydrogen) atoms. The van der Waals surface area contributed by atoms with Crippen LogP contribution in [0.15, 0.2) is 42.7 Å². The Morgan fingerprint density at radius 2 is 1.96 bits per heavy atom. The van der Waals surface area contributed by atoms with Crippen molar-refractivity contribution in [3.63, 3.8) is 0 Å². The molecule has 1 saturated carbocycles. The van der Waals surface area contributed by atoms with E-state index in [-0.39, 0.29) is 5.91 Å². The van der Waals surface area contributed by atoms with Gasteiger partial charge in [0, 0.05) is 24.0 Å². The molecule has 1 aromatic carbocycles. The fourth-order valence-electron chi connectivity index (χ4n) is 2.64. The summed E-state index contributed by atoms with van der Waals surface area (Å²) in [6.45, 7) is 1.98. The van der Waals surface area contributed by atoms with Gasteiger partial charge in [-0.25, -0.2) is 0 Å². The molecule has 0 atom stereocenters. The smallest absolute Gasteiger partial charge is 0.269 e. The van der Waals surface area contributed by atoms with Gasteiger partial charge in [-0.1, -0.05) is 16.6 Å². The van der Waals surface area contributed by atoms with Crippen LogP contribution in [-0.2, 0) is 0 Å². The quantitative estimate of drug-likeness (QED) is 0.781. The molecule has 6 heteroatoms. The average molecular weight is 336 g/mol. The molecule has 1 fully saturated rings. The number of nitrogens with one attached hydrogen (secondary N) is 1. The first-order valence-electron chi connectivity index (χ1n) is 7.87. The molecule has 120 valence electrons. The molecule has 2 aromatic heterocycles. The number of rotatable bonds is 4. The lowest BCUT2D eigenvalue weighted by atomic mass is 10.0. The first kappa shape index (κ1) is 15.0. The number of anilines is 1. The second kappa shape index (κ2) is 6.13. The summed E-state index contributed by atoms with van der Waals surface area (Å²) < 4.78 is 3.96. The standard InChI is InChI=1S/C18H16N4OS/c1-11-2-3-14(12-6-8-19-9-7-12)10-15(11)20-18(23)17-16(13-4-5-13)21-22-24-17/h2-3,6-10,13H,4-5H2,1H3,(H,20,23). The molecule has 1 amide bonds. The van der Waals surface area contributed by atoms with Gasteiger partial charge in [-0.15, -0.1) is 5.10 Å². The van der Waals surface area contributed by atoms with Gasteiger partial charge in [0.15, 0.2) is 0 Å². The van der Waals surface area contributed by atoms with E-state index in [1.165, 1.54) is 11.5 Å². The van der Waals surface area contributed by atoms with Crippen molar-refractivity contribution in [3.8, 4) is 11.1 Å². The SMILES string of the molecule is Cc1ccc(-c2ccncc2)cc1NC(=O)c1snnc1C1CC1. The summed E-state index contributed by atoms with van der Waals surface area (Å²) in [5.74, 6) is 0.288. The third-order valence-corrected chi connectivity index (χ3v) is 4.92. The normalized spacial score (nSPS) is 13.7. The van der Waals surface area contributed by atoms with Gasteiger partial charge >= 0.3 is 0 Å². The zero-order valence-electron chi connectivity index (χ0n) is 13.2. The Bertz CT molecular complexity index is 887. The van der Waals surface area contributed by atoms with Gasteiger partial charge in [-0.2, -0.15) is 0 Å². The Labute approximate surface area is 143 Å². The molecule has 1 N–H and O–H groups in total. The van der Waals surface area contributed by atoms with Crippen LogP contribution in [0.4, 0.5) is 5.69 Å². The number of carbonyl (C=O) groups is 1. The Hall–Kier alpha value is -2.60. The van der Waals surface area contributed by atoms with Gasteiger partial charge in [-0.3, -0.25) is 9.78 Å². The van der Waals surface area contributed by atoms with Crippen LogP contribution in [0.5, 0.6) is 0 Å². The number of aryl methyl sites for hydroxylation is 1. The molecule has 0 spiro atoms. The summed E-state index contributed by atoms with van der Waals surface area (Å²) >= 11 is 1.17. The van der Waals surface area contributed by atoms with Crippen LogP contribution in [-0.4, -0.2) is 20.5 Å². The predicted octanol–water partition coefficient (Wildman–Crippen LogP) is 4.04. The van der Waals surface area contributed by atoms with Crippen LogP contribution < -0.4 is 5.32 Å². The molecular formula is C18H16N4OS. The molecule has 4 rings (SSSR count). The minimum atomic E-state index is -0.123. The van der Waals surface area contributed by atoms with E-state index in [1.807, 2.05) is 37.3 Å². The van der Waals surface area contributed by atoms with Crippen molar-refractivity contribution in [2.75, 3.05) is 5.32 Å². The van der Waals surface area contributed by atoms with Crippen molar-refractivity contribution in [1.29, 1.82) is 0 Å². The summed E-state index contributed by atoms with van der Waals surface area (Å²) in [5, 5.41) is 7.15. The highest BCUT2D eigenvalue weighted by Gasteiger charge is 2.31. The third kappa shape index (κ3) is 2.92. The van der Waals surface area contributed by atoms with E-state index in [1.54, 1.807) is 12.4 Å². The number of aromatic nitrogens is 3. The second-order valence-electron chi connectivity index (χ2n) is 5.98. The van der Waals surface area contributed by atoms with E-state index >= 15 is 0 Å². The lowest BCUT2D eigenvalue weighted by Gasteiger charge is -2.10. The van der Waals surface area contributed by atoms with Crippen molar-refractivity contribution >= 4 is 23.1 Å². The Kier molecular flexibility index (Phi) is 3.82. The number of pyridine rings is 1. The van der Waals surface area contributed by atoms with E-state index in [4.69, 9.17) is 0 Å². The van der Waals surface area contributed by atoms with E-state index in [0.717, 1.165) is 40.9 Å². The van der Waals surface area contributed by atoms with Gasteiger partial charge in [-0.05, 0) is 66.2 Å². The van der Waals surface area contributed by atoms with E-state index in [0.29, 0.717) is 10.8 Å². The van der Waals surface area contributed by atoms with Gasteiger partial charge in [0.25, 0.3) is 5.91 Å². The lowest BCUT2D eigenvalue weighted by Crippen LogP contribution is -2.13. The van der Waals surface area contributed by atoms with Crippen LogP contribution in [0.1, 0.15) is 39.7 Å². The Morgan fingerprint density at radius 3 is 2.71 bits per heavy atom. The number of amides is 1. The number of benzene rings is 1. The minimum Gasteiger partial charge on any atom is -0.321 e. The fraction of sp³-hybridized carbons (Fsp3) is 0.222. The molecule has 0 saturated heterocycles. The highest BCUT2D eigenvalue weighted by molar-refractivity contribution is 7.08. The number of hydrogen-bond donors (Lipinski definition) is 1. The van der Waals surface area contributed by atoms with Crippen LogP contribution in [0.3, 0.4) is 0 Å². The molecule has 0 radical (unpaired) electrons. The van der Waals surface area contributed by atoms with Crippen molar-refractivity contribution in [1.82, 2.24) is 14.6 Å². The lowest BCUT2D eigenvalue weighted by molar-refractivity contribution is 0.102. The summed E-state index contributed by atoms with van der Waals surface area (Å²) in [6.07, 6.45) is 5.72. The van der Waals surface area contributed by atoms with Crippen LogP contribution >= 0.6 is 11.5 Å². The summed E-state index contributed by atoms with van der Waals surface area (Å²) in [5.41, 5.74) is 4.79. The largest absolute Gasteiger partial charge is 0.321 e. The van der Waals surface area contributed by atoms with Crippen LogP contribution in [0.2, 0.25) is 0 Å². The summed E-state index contributed by atoms with van der Waals surface area (Å²) in [4.78, 5) is 17.3. The molecule has 2 heterocycles. The molecule has 5 nitrogen and oxygen atoms in total. The number of nitrogens with zero attached hydrogens (tertiary/aromatic N) is 3. The molecule has 1 aliphatic carbocycles. The molecule has 0 bridgehead atoms. The van der Waals surface area contributed by atoms with E-state index < -0.39 is 0 Å². The first-order valence-corrected chi connectivity index (χ1v) is 8.64. The molecule has 1 aliphatic rings. The maximum Gasteiger partial charge on any atom is 0.269 e. The molecule has 0 aliphatic heterocycles. The maximum atomic E-state index is 12.6. The summed E-state index contributed by atoms with van der Waals surface area (Å²) in [6, 6.07) is 9.96. The molecular weight excluding hydrogens is 320 g/mol. The monoisotopic (exact) mass is 336 g/mol. The second-order valence-corrected chi connectivity index (χ2v) is 6.74. The van der Waals surface area contributed by atoms with Gasteiger partial charge in [0.05, 0.1) is 5.69 Å². The van der Waals surface area contributed by atoms with Gasteiger partial charge in [0.2, 0.25) is 0 Å². The molecule has 0 unspecified atom stereocenters. The Balaban J connectivity index is 1.62. The molecule has 3 aromatic rings. The van der Waals surface area contributed by atoms with Crippen LogP contribution in [0.25, 0.3) is 11.1 Å². The first-order chi connectivity index (χ1) is 11.7. The third-order valence-electron chi connectivity index (χ3n) is 4.18. The van der Waals surface area contributed by atoms with E-state index in [9.17, 15) is 4.79 Å². The number of carbonyl (C=O) groups excluding carboxylic acids is 1. The maximum absolute atomic E-state index is 12.6.